The highest BCUT2D eigenvalue weighted by Crippen LogP contribution is 2.22. The van der Waals surface area contributed by atoms with Crippen molar-refractivity contribution in [3.05, 3.63) is 46.0 Å². The van der Waals surface area contributed by atoms with Crippen molar-refractivity contribution in [2.45, 2.75) is 26.3 Å². The highest BCUT2D eigenvalue weighted by molar-refractivity contribution is 7.03. The number of likely N-dealkylation sites (N-methyl/N-ethyl adjacent to an activating group) is 1. The maximum atomic E-state index is 4.15. The van der Waals surface area contributed by atoms with Crippen LogP contribution in [0.2, 0.25) is 0 Å². The lowest BCUT2D eigenvalue weighted by atomic mass is 9.95. The zero-order valence-electron chi connectivity index (χ0n) is 10.4. The van der Waals surface area contributed by atoms with Gasteiger partial charge < -0.3 is 5.32 Å². The van der Waals surface area contributed by atoms with Gasteiger partial charge in [-0.15, -0.1) is 5.10 Å². The van der Waals surface area contributed by atoms with Gasteiger partial charge in [-0.3, -0.25) is 0 Å². The molecule has 0 fully saturated rings. The molecule has 0 bridgehead atoms. The van der Waals surface area contributed by atoms with E-state index < -0.39 is 0 Å². The van der Waals surface area contributed by atoms with Gasteiger partial charge >= 0.3 is 0 Å². The van der Waals surface area contributed by atoms with Crippen LogP contribution in [0.15, 0.2) is 23.6 Å². The molecule has 2 aromatic rings. The van der Waals surface area contributed by atoms with E-state index in [9.17, 15) is 0 Å². The van der Waals surface area contributed by atoms with Gasteiger partial charge in [0.1, 0.15) is 0 Å². The van der Waals surface area contributed by atoms with Crippen molar-refractivity contribution >= 4 is 11.5 Å². The molecular formula is C13H17N3S. The summed E-state index contributed by atoms with van der Waals surface area (Å²) in [5.41, 5.74) is 5.11. The van der Waals surface area contributed by atoms with E-state index in [-0.39, 0.29) is 6.04 Å². The van der Waals surface area contributed by atoms with Crippen molar-refractivity contribution < 1.29 is 0 Å². The number of nitrogens with one attached hydrogen (secondary N) is 1. The predicted octanol–water partition coefficient (Wildman–Crippen LogP) is 2.66. The monoisotopic (exact) mass is 247 g/mol. The molecule has 0 aliphatic heterocycles. The average Bonchev–Trinajstić information content (AvgIpc) is 2.82. The van der Waals surface area contributed by atoms with Crippen LogP contribution >= 0.6 is 11.5 Å². The van der Waals surface area contributed by atoms with Gasteiger partial charge in [0, 0.05) is 5.38 Å². The van der Waals surface area contributed by atoms with Crippen LogP contribution in [0.25, 0.3) is 0 Å². The Bertz CT molecular complexity index is 459. The molecule has 1 aromatic carbocycles. The molecule has 1 heterocycles. The summed E-state index contributed by atoms with van der Waals surface area (Å²) in [6.45, 7) is 4.32. The van der Waals surface area contributed by atoms with Gasteiger partial charge in [-0.1, -0.05) is 22.7 Å². The molecule has 1 unspecified atom stereocenters. The minimum atomic E-state index is 0.244. The van der Waals surface area contributed by atoms with Crippen molar-refractivity contribution in [1.29, 1.82) is 0 Å². The Hall–Kier alpha value is -1.26. The number of hydrogen-bond donors (Lipinski definition) is 1. The molecular weight excluding hydrogens is 230 g/mol. The van der Waals surface area contributed by atoms with Crippen molar-refractivity contribution in [2.24, 2.45) is 0 Å². The lowest BCUT2D eigenvalue weighted by molar-refractivity contribution is 0.571. The second-order valence-corrected chi connectivity index (χ2v) is 4.86. The number of benzene rings is 1. The Labute approximate surface area is 106 Å². The molecule has 0 radical (unpaired) electrons. The summed E-state index contributed by atoms with van der Waals surface area (Å²) in [4.78, 5) is 0. The second kappa shape index (κ2) is 5.38. The Morgan fingerprint density at radius 3 is 2.53 bits per heavy atom. The van der Waals surface area contributed by atoms with Crippen molar-refractivity contribution in [1.82, 2.24) is 14.9 Å². The first-order chi connectivity index (χ1) is 8.22. The molecule has 0 saturated carbocycles. The molecule has 0 spiro atoms. The lowest BCUT2D eigenvalue weighted by Gasteiger charge is -2.16. The van der Waals surface area contributed by atoms with E-state index >= 15 is 0 Å². The number of rotatable bonds is 4. The fourth-order valence-corrected chi connectivity index (χ4v) is 2.56. The van der Waals surface area contributed by atoms with E-state index in [1.54, 1.807) is 0 Å². The van der Waals surface area contributed by atoms with Gasteiger partial charge in [-0.25, -0.2) is 0 Å². The van der Waals surface area contributed by atoms with Crippen LogP contribution in [0.5, 0.6) is 0 Å². The summed E-state index contributed by atoms with van der Waals surface area (Å²) in [5, 5.41) is 9.47. The number of aromatic nitrogens is 2. The van der Waals surface area contributed by atoms with E-state index in [1.807, 2.05) is 12.4 Å². The molecule has 17 heavy (non-hydrogen) atoms. The molecule has 0 saturated heterocycles. The maximum Gasteiger partial charge on any atom is 0.0928 e. The van der Waals surface area contributed by atoms with E-state index in [0.717, 1.165) is 12.1 Å². The van der Waals surface area contributed by atoms with Gasteiger partial charge in [0.05, 0.1) is 11.7 Å². The highest BCUT2D eigenvalue weighted by atomic mass is 32.1. The first-order valence-corrected chi connectivity index (χ1v) is 6.55. The molecule has 90 valence electrons. The first kappa shape index (κ1) is 12.2. The van der Waals surface area contributed by atoms with Gasteiger partial charge in [-0.2, -0.15) is 0 Å². The summed E-state index contributed by atoms with van der Waals surface area (Å²) < 4.78 is 3.93. The topological polar surface area (TPSA) is 37.8 Å². The molecule has 2 rings (SSSR count). The van der Waals surface area contributed by atoms with Gasteiger partial charge in [-0.05, 0) is 55.5 Å². The van der Waals surface area contributed by atoms with E-state index in [2.05, 4.69) is 47.0 Å². The lowest BCUT2D eigenvalue weighted by Crippen LogP contribution is -2.20. The van der Waals surface area contributed by atoms with Gasteiger partial charge in [0.2, 0.25) is 0 Å². The number of nitrogens with zero attached hydrogens (tertiary/aromatic N) is 2. The normalized spacial score (nSPS) is 12.6. The Balaban J connectivity index is 2.25. The minimum Gasteiger partial charge on any atom is -0.311 e. The SMILES string of the molecule is CNC(Cc1c(C)cccc1C)c1csnn1. The minimum absolute atomic E-state index is 0.244. The third-order valence-corrected chi connectivity index (χ3v) is 3.66. The Morgan fingerprint density at radius 1 is 1.29 bits per heavy atom. The zero-order valence-corrected chi connectivity index (χ0v) is 11.2. The Morgan fingerprint density at radius 2 is 2.00 bits per heavy atom. The van der Waals surface area contributed by atoms with Crippen LogP contribution < -0.4 is 5.32 Å². The summed E-state index contributed by atoms with van der Waals surface area (Å²) in [5.74, 6) is 0. The molecule has 1 atom stereocenters. The molecule has 0 aliphatic rings. The standard InChI is InChI=1S/C13H17N3S/c1-9-5-4-6-10(2)11(9)7-12(14-3)13-8-17-16-15-13/h4-6,8,12,14H,7H2,1-3H3. The zero-order chi connectivity index (χ0) is 12.3. The van der Waals surface area contributed by atoms with Crippen LogP contribution in [-0.2, 0) is 6.42 Å². The molecule has 1 N–H and O–H groups in total. The third-order valence-electron chi connectivity index (χ3n) is 3.14. The summed E-state index contributed by atoms with van der Waals surface area (Å²) in [6.07, 6.45) is 0.959. The summed E-state index contributed by atoms with van der Waals surface area (Å²) in [6, 6.07) is 6.67. The average molecular weight is 247 g/mol. The second-order valence-electron chi connectivity index (χ2n) is 4.25. The van der Waals surface area contributed by atoms with Crippen LogP contribution in [0.1, 0.15) is 28.4 Å². The van der Waals surface area contributed by atoms with E-state index in [0.29, 0.717) is 0 Å². The summed E-state index contributed by atoms with van der Waals surface area (Å²) in [7, 11) is 1.97. The van der Waals surface area contributed by atoms with E-state index in [4.69, 9.17) is 0 Å². The van der Waals surface area contributed by atoms with Crippen LogP contribution in [0.3, 0.4) is 0 Å². The smallest absolute Gasteiger partial charge is 0.0928 e. The van der Waals surface area contributed by atoms with Crippen molar-refractivity contribution in [2.75, 3.05) is 7.05 Å². The van der Waals surface area contributed by atoms with Crippen molar-refractivity contribution in [3.8, 4) is 0 Å². The Kier molecular flexibility index (Phi) is 3.86. The maximum absolute atomic E-state index is 4.15. The quantitative estimate of drug-likeness (QED) is 0.902. The molecule has 0 aliphatic carbocycles. The number of hydrogen-bond acceptors (Lipinski definition) is 4. The van der Waals surface area contributed by atoms with Crippen molar-refractivity contribution in [3.63, 3.8) is 0 Å². The van der Waals surface area contributed by atoms with Crippen LogP contribution in [-0.4, -0.2) is 16.6 Å². The number of aryl methyl sites for hydroxylation is 2. The van der Waals surface area contributed by atoms with E-state index in [1.165, 1.54) is 28.2 Å². The highest BCUT2D eigenvalue weighted by Gasteiger charge is 2.15. The molecule has 0 amide bonds. The molecule has 4 heteroatoms. The molecule has 1 aromatic heterocycles. The fourth-order valence-electron chi connectivity index (χ4n) is 2.05. The molecule has 3 nitrogen and oxygen atoms in total. The van der Waals surface area contributed by atoms with Gasteiger partial charge in [0.25, 0.3) is 0 Å². The first-order valence-electron chi connectivity index (χ1n) is 5.71. The summed E-state index contributed by atoms with van der Waals surface area (Å²) >= 11 is 1.40. The fraction of sp³-hybridized carbons (Fsp3) is 0.385. The van der Waals surface area contributed by atoms with Gasteiger partial charge in [0.15, 0.2) is 0 Å². The predicted molar refractivity (Wildman–Crippen MR) is 71.3 cm³/mol. The third kappa shape index (κ3) is 2.70. The van der Waals surface area contributed by atoms with Crippen LogP contribution in [0, 0.1) is 13.8 Å². The largest absolute Gasteiger partial charge is 0.311 e. The van der Waals surface area contributed by atoms with Crippen LogP contribution in [0.4, 0.5) is 0 Å².